The number of hydrogen-bond acceptors (Lipinski definition) is 7. The lowest BCUT2D eigenvalue weighted by Crippen LogP contribution is -2.41. The SMILES string of the molecule is CCC(C)(C)n1nnnc1[C@@H](c1cc2cc(C)c(C)cc2[nH]c1=O)N(Cc1ccco1)C[C@H]1CCCO1. The minimum absolute atomic E-state index is 0.0606. The van der Waals surface area contributed by atoms with Gasteiger partial charge >= 0.3 is 0 Å². The number of nitrogens with zero attached hydrogens (tertiary/aromatic N) is 5. The molecule has 0 aliphatic carbocycles. The summed E-state index contributed by atoms with van der Waals surface area (Å²) in [5.41, 5.74) is 3.24. The van der Waals surface area contributed by atoms with E-state index < -0.39 is 6.04 Å². The quantitative estimate of drug-likeness (QED) is 0.354. The third kappa shape index (κ3) is 5.10. The van der Waals surface area contributed by atoms with Crippen molar-refractivity contribution in [2.24, 2.45) is 0 Å². The Morgan fingerprint density at radius 1 is 1.24 bits per heavy atom. The molecule has 4 heterocycles. The van der Waals surface area contributed by atoms with Crippen molar-refractivity contribution < 1.29 is 9.15 Å². The summed E-state index contributed by atoms with van der Waals surface area (Å²) < 4.78 is 13.7. The average molecular weight is 505 g/mol. The number of aromatic amines is 1. The highest BCUT2D eigenvalue weighted by Gasteiger charge is 2.36. The minimum atomic E-state index is -0.509. The van der Waals surface area contributed by atoms with E-state index in [1.165, 1.54) is 5.56 Å². The van der Waals surface area contributed by atoms with E-state index in [2.05, 4.69) is 66.1 Å². The van der Waals surface area contributed by atoms with Gasteiger partial charge in [0.25, 0.3) is 5.56 Å². The van der Waals surface area contributed by atoms with Crippen LogP contribution in [0.2, 0.25) is 0 Å². The van der Waals surface area contributed by atoms with Crippen LogP contribution in [-0.2, 0) is 16.8 Å². The van der Waals surface area contributed by atoms with Gasteiger partial charge in [0.15, 0.2) is 5.82 Å². The fourth-order valence-electron chi connectivity index (χ4n) is 5.06. The maximum absolute atomic E-state index is 13.7. The fraction of sp³-hybridized carbons (Fsp3) is 0.500. The Hall–Kier alpha value is -3.30. The van der Waals surface area contributed by atoms with Crippen LogP contribution >= 0.6 is 0 Å². The number of pyridine rings is 1. The molecule has 196 valence electrons. The van der Waals surface area contributed by atoms with Gasteiger partial charge in [-0.2, -0.15) is 0 Å². The van der Waals surface area contributed by atoms with Crippen LogP contribution in [0.1, 0.15) is 74.4 Å². The van der Waals surface area contributed by atoms with E-state index >= 15 is 0 Å². The summed E-state index contributed by atoms with van der Waals surface area (Å²) in [4.78, 5) is 19.1. The monoisotopic (exact) mass is 504 g/mol. The maximum Gasteiger partial charge on any atom is 0.253 e. The fourth-order valence-corrected chi connectivity index (χ4v) is 5.06. The number of ether oxygens (including phenoxy) is 1. The van der Waals surface area contributed by atoms with Crippen LogP contribution in [0.5, 0.6) is 0 Å². The first kappa shape index (κ1) is 25.4. The summed E-state index contributed by atoms with van der Waals surface area (Å²) in [6.07, 6.45) is 4.56. The standard InChI is InChI=1S/C28H36N6O3/c1-6-28(4,5)34-26(30-31-32-34)25(23-15-20-13-18(2)19(3)14-24(20)29-27(23)35)33(16-21-9-7-11-36-21)17-22-10-8-12-37-22/h7,9,11,13-15,22,25H,6,8,10,12,16-17H2,1-5H3,(H,29,35)/t22-,25-/m1/s1. The first-order chi connectivity index (χ1) is 17.8. The minimum Gasteiger partial charge on any atom is -0.468 e. The lowest BCUT2D eigenvalue weighted by molar-refractivity contribution is 0.0534. The second-order valence-electron chi connectivity index (χ2n) is 10.7. The van der Waals surface area contributed by atoms with E-state index in [4.69, 9.17) is 9.15 Å². The van der Waals surface area contributed by atoms with Gasteiger partial charge in [0.05, 0.1) is 24.5 Å². The average Bonchev–Trinajstić information content (AvgIpc) is 3.64. The highest BCUT2D eigenvalue weighted by molar-refractivity contribution is 5.81. The molecule has 9 heteroatoms. The van der Waals surface area contributed by atoms with Crippen molar-refractivity contribution in [3.63, 3.8) is 0 Å². The highest BCUT2D eigenvalue weighted by Crippen LogP contribution is 2.33. The molecule has 0 unspecified atom stereocenters. The normalized spacial score (nSPS) is 17.2. The smallest absolute Gasteiger partial charge is 0.253 e. The van der Waals surface area contributed by atoms with Gasteiger partial charge in [-0.05, 0) is 104 Å². The summed E-state index contributed by atoms with van der Waals surface area (Å²) in [5.74, 6) is 1.44. The van der Waals surface area contributed by atoms with Crippen LogP contribution in [0.4, 0.5) is 0 Å². The van der Waals surface area contributed by atoms with Crippen molar-refractivity contribution in [2.45, 2.75) is 78.1 Å². The van der Waals surface area contributed by atoms with Crippen molar-refractivity contribution in [1.82, 2.24) is 30.1 Å². The van der Waals surface area contributed by atoms with Crippen LogP contribution in [-0.4, -0.2) is 49.3 Å². The predicted molar refractivity (Wildman–Crippen MR) is 141 cm³/mol. The molecule has 37 heavy (non-hydrogen) atoms. The molecule has 0 amide bonds. The third-order valence-electron chi connectivity index (χ3n) is 7.72. The molecule has 1 saturated heterocycles. The highest BCUT2D eigenvalue weighted by atomic mass is 16.5. The van der Waals surface area contributed by atoms with Crippen LogP contribution < -0.4 is 5.56 Å². The van der Waals surface area contributed by atoms with E-state index in [1.807, 2.05) is 28.9 Å². The van der Waals surface area contributed by atoms with Crippen molar-refractivity contribution >= 4 is 10.9 Å². The number of rotatable bonds is 9. The zero-order chi connectivity index (χ0) is 26.2. The molecule has 0 bridgehead atoms. The molecule has 9 nitrogen and oxygen atoms in total. The molecule has 0 saturated carbocycles. The first-order valence-corrected chi connectivity index (χ1v) is 13.1. The number of aromatic nitrogens is 5. The Bertz CT molecular complexity index is 1420. The summed E-state index contributed by atoms with van der Waals surface area (Å²) in [6, 6.07) is 9.47. The summed E-state index contributed by atoms with van der Waals surface area (Å²) >= 11 is 0. The topological polar surface area (TPSA) is 102 Å². The molecule has 1 fully saturated rings. The Balaban J connectivity index is 1.71. The van der Waals surface area contributed by atoms with Gasteiger partial charge in [0, 0.05) is 24.2 Å². The first-order valence-electron chi connectivity index (χ1n) is 13.1. The molecule has 1 N–H and O–H groups in total. The van der Waals surface area contributed by atoms with E-state index in [9.17, 15) is 4.79 Å². The van der Waals surface area contributed by atoms with Crippen molar-refractivity contribution in [1.29, 1.82) is 0 Å². The number of benzene rings is 1. The van der Waals surface area contributed by atoms with Crippen molar-refractivity contribution in [3.05, 3.63) is 75.2 Å². The predicted octanol–water partition coefficient (Wildman–Crippen LogP) is 4.64. The molecule has 5 rings (SSSR count). The van der Waals surface area contributed by atoms with Crippen LogP contribution in [0.3, 0.4) is 0 Å². The number of nitrogens with one attached hydrogen (secondary N) is 1. The van der Waals surface area contributed by atoms with E-state index in [0.717, 1.165) is 48.1 Å². The zero-order valence-electron chi connectivity index (χ0n) is 22.3. The largest absolute Gasteiger partial charge is 0.468 e. The van der Waals surface area contributed by atoms with E-state index in [0.29, 0.717) is 24.5 Å². The van der Waals surface area contributed by atoms with Gasteiger partial charge in [0.2, 0.25) is 0 Å². The maximum atomic E-state index is 13.7. The molecule has 3 aromatic heterocycles. The lowest BCUT2D eigenvalue weighted by atomic mass is 9.98. The van der Waals surface area contributed by atoms with E-state index in [-0.39, 0.29) is 17.2 Å². The molecule has 1 aliphatic rings. The van der Waals surface area contributed by atoms with Crippen molar-refractivity contribution in [2.75, 3.05) is 13.2 Å². The van der Waals surface area contributed by atoms with E-state index in [1.54, 1.807) is 6.26 Å². The second-order valence-corrected chi connectivity index (χ2v) is 10.7. The Morgan fingerprint density at radius 3 is 2.76 bits per heavy atom. The Morgan fingerprint density at radius 2 is 2.05 bits per heavy atom. The molecular weight excluding hydrogens is 468 g/mol. The van der Waals surface area contributed by atoms with Gasteiger partial charge in [-0.3, -0.25) is 9.69 Å². The number of H-pyrrole nitrogens is 1. The summed E-state index contributed by atoms with van der Waals surface area (Å²) in [6.45, 7) is 12.3. The van der Waals surface area contributed by atoms with Crippen LogP contribution in [0.15, 0.2) is 45.8 Å². The number of aryl methyl sites for hydroxylation is 2. The zero-order valence-corrected chi connectivity index (χ0v) is 22.3. The Labute approximate surface area is 216 Å². The number of furan rings is 1. The molecule has 0 spiro atoms. The Kier molecular flexibility index (Phi) is 7.00. The second kappa shape index (κ2) is 10.2. The molecule has 2 atom stereocenters. The number of fused-ring (bicyclic) bond motifs is 1. The van der Waals surface area contributed by atoms with Gasteiger partial charge in [0.1, 0.15) is 11.8 Å². The molecule has 4 aromatic rings. The number of tetrazole rings is 1. The number of hydrogen-bond donors (Lipinski definition) is 1. The third-order valence-corrected chi connectivity index (χ3v) is 7.72. The van der Waals surface area contributed by atoms with Gasteiger partial charge in [-0.15, -0.1) is 5.10 Å². The van der Waals surface area contributed by atoms with Gasteiger partial charge in [-0.25, -0.2) is 4.68 Å². The van der Waals surface area contributed by atoms with Crippen LogP contribution in [0.25, 0.3) is 10.9 Å². The molecular formula is C28H36N6O3. The van der Waals surface area contributed by atoms with Gasteiger partial charge in [-0.1, -0.05) is 6.92 Å². The molecule has 0 radical (unpaired) electrons. The van der Waals surface area contributed by atoms with Crippen molar-refractivity contribution in [3.8, 4) is 0 Å². The molecule has 1 aliphatic heterocycles. The molecule has 1 aromatic carbocycles. The van der Waals surface area contributed by atoms with Gasteiger partial charge < -0.3 is 14.1 Å². The van der Waals surface area contributed by atoms with Crippen LogP contribution in [0, 0.1) is 13.8 Å². The summed E-state index contributed by atoms with van der Waals surface area (Å²) in [7, 11) is 0. The lowest BCUT2D eigenvalue weighted by Gasteiger charge is -2.34. The summed E-state index contributed by atoms with van der Waals surface area (Å²) in [5, 5.41) is 14.0.